The van der Waals surface area contributed by atoms with Crippen LogP contribution in [0.5, 0.6) is 0 Å². The van der Waals surface area contributed by atoms with Crippen LogP contribution in [0.25, 0.3) is 0 Å². The van der Waals surface area contributed by atoms with Gasteiger partial charge >= 0.3 is 0 Å². The van der Waals surface area contributed by atoms with E-state index in [0.29, 0.717) is 6.07 Å². The largest absolute Gasteiger partial charge is 0.387 e. The molecular weight excluding hydrogens is 232 g/mol. The number of amides is 1. The first-order chi connectivity index (χ1) is 7.86. The Labute approximate surface area is 96.9 Å². The summed E-state index contributed by atoms with van der Waals surface area (Å²) in [6.45, 7) is 0.276. The van der Waals surface area contributed by atoms with E-state index in [4.69, 9.17) is 5.11 Å². The Morgan fingerprint density at radius 1 is 1.47 bits per heavy atom. The van der Waals surface area contributed by atoms with Crippen molar-refractivity contribution in [3.8, 4) is 0 Å². The second-order valence-electron chi connectivity index (χ2n) is 3.83. The maximum Gasteiger partial charge on any atom is 0.245 e. The average molecular weight is 245 g/mol. The molecule has 0 aliphatic rings. The van der Waals surface area contributed by atoms with Crippen LogP contribution >= 0.6 is 0 Å². The van der Waals surface area contributed by atoms with Crippen LogP contribution in [-0.2, 0) is 10.4 Å². The standard InChI is InChI=1S/C11H13F2NO3/c1-11(17,6-14-10(16)5-15)8-3-2-7(12)4-9(8)13/h2-4,15,17H,5-6H2,1H3,(H,14,16). The molecule has 0 fully saturated rings. The molecule has 0 aliphatic carbocycles. The number of carbonyl (C=O) groups excluding carboxylic acids is 1. The summed E-state index contributed by atoms with van der Waals surface area (Å²) in [7, 11) is 0. The molecule has 1 aromatic carbocycles. The predicted molar refractivity (Wildman–Crippen MR) is 56.0 cm³/mol. The number of hydrogen-bond donors (Lipinski definition) is 3. The van der Waals surface area contributed by atoms with Crippen LogP contribution in [0.15, 0.2) is 18.2 Å². The number of hydrogen-bond acceptors (Lipinski definition) is 3. The van der Waals surface area contributed by atoms with Crippen molar-refractivity contribution in [2.24, 2.45) is 0 Å². The van der Waals surface area contributed by atoms with Gasteiger partial charge < -0.3 is 15.5 Å². The fourth-order valence-electron chi connectivity index (χ4n) is 1.35. The molecule has 1 rings (SSSR count). The zero-order chi connectivity index (χ0) is 13.1. The van der Waals surface area contributed by atoms with E-state index in [1.807, 2.05) is 0 Å². The summed E-state index contributed by atoms with van der Waals surface area (Å²) in [4.78, 5) is 10.8. The first kappa shape index (κ1) is 13.5. The number of aliphatic hydroxyl groups excluding tert-OH is 1. The molecule has 1 unspecified atom stereocenters. The van der Waals surface area contributed by atoms with Crippen molar-refractivity contribution < 1.29 is 23.8 Å². The average Bonchev–Trinajstić information content (AvgIpc) is 2.25. The topological polar surface area (TPSA) is 69.6 Å². The number of carbonyl (C=O) groups is 1. The van der Waals surface area contributed by atoms with Crippen molar-refractivity contribution in [2.75, 3.05) is 13.2 Å². The van der Waals surface area contributed by atoms with Gasteiger partial charge in [-0.2, -0.15) is 0 Å². The lowest BCUT2D eigenvalue weighted by molar-refractivity contribution is -0.125. The summed E-state index contributed by atoms with van der Waals surface area (Å²) in [6.07, 6.45) is 0. The highest BCUT2D eigenvalue weighted by molar-refractivity contribution is 5.76. The molecule has 0 bridgehead atoms. The lowest BCUT2D eigenvalue weighted by Gasteiger charge is -2.24. The minimum Gasteiger partial charge on any atom is -0.387 e. The molecule has 0 radical (unpaired) electrons. The summed E-state index contributed by atoms with van der Waals surface area (Å²) >= 11 is 0. The van der Waals surface area contributed by atoms with Crippen LogP contribution in [0.2, 0.25) is 0 Å². The summed E-state index contributed by atoms with van der Waals surface area (Å²) in [5.74, 6) is -2.33. The van der Waals surface area contributed by atoms with Gasteiger partial charge in [0.15, 0.2) is 0 Å². The van der Waals surface area contributed by atoms with E-state index < -0.39 is 29.7 Å². The third kappa shape index (κ3) is 3.47. The number of rotatable bonds is 4. The van der Waals surface area contributed by atoms with Gasteiger partial charge in [0.2, 0.25) is 5.91 Å². The Bertz CT molecular complexity index is 421. The van der Waals surface area contributed by atoms with Crippen LogP contribution in [0.1, 0.15) is 12.5 Å². The Morgan fingerprint density at radius 2 is 2.12 bits per heavy atom. The zero-order valence-corrected chi connectivity index (χ0v) is 9.20. The summed E-state index contributed by atoms with van der Waals surface area (Å²) in [5, 5.41) is 20.6. The second kappa shape index (κ2) is 5.20. The van der Waals surface area contributed by atoms with Crippen molar-refractivity contribution in [1.29, 1.82) is 0 Å². The molecule has 6 heteroatoms. The van der Waals surface area contributed by atoms with Gasteiger partial charge in [0.1, 0.15) is 23.8 Å². The van der Waals surface area contributed by atoms with Crippen LogP contribution < -0.4 is 5.32 Å². The Kier molecular flexibility index (Phi) is 4.14. The maximum atomic E-state index is 13.4. The molecular formula is C11H13F2NO3. The van der Waals surface area contributed by atoms with E-state index >= 15 is 0 Å². The van der Waals surface area contributed by atoms with Gasteiger partial charge in [-0.1, -0.05) is 6.07 Å². The quantitative estimate of drug-likeness (QED) is 0.713. The number of nitrogens with one attached hydrogen (secondary N) is 1. The van der Waals surface area contributed by atoms with E-state index in [2.05, 4.69) is 5.32 Å². The number of aliphatic hydroxyl groups is 2. The minimum absolute atomic E-state index is 0.128. The van der Waals surface area contributed by atoms with Gasteiger partial charge in [-0.25, -0.2) is 8.78 Å². The molecule has 0 heterocycles. The number of benzene rings is 1. The molecule has 3 N–H and O–H groups in total. The smallest absolute Gasteiger partial charge is 0.245 e. The first-order valence-electron chi connectivity index (χ1n) is 4.92. The normalized spacial score (nSPS) is 14.2. The van der Waals surface area contributed by atoms with Gasteiger partial charge in [0.05, 0.1) is 6.54 Å². The molecule has 1 atom stereocenters. The third-order valence-electron chi connectivity index (χ3n) is 2.28. The molecule has 0 saturated heterocycles. The lowest BCUT2D eigenvalue weighted by Crippen LogP contribution is -2.40. The van der Waals surface area contributed by atoms with E-state index in [1.165, 1.54) is 6.92 Å². The molecule has 0 saturated carbocycles. The SMILES string of the molecule is CC(O)(CNC(=O)CO)c1ccc(F)cc1F. The molecule has 17 heavy (non-hydrogen) atoms. The molecule has 0 spiro atoms. The fourth-order valence-corrected chi connectivity index (χ4v) is 1.35. The highest BCUT2D eigenvalue weighted by atomic mass is 19.1. The van der Waals surface area contributed by atoms with Crippen LogP contribution in [0.3, 0.4) is 0 Å². The Morgan fingerprint density at radius 3 is 2.65 bits per heavy atom. The van der Waals surface area contributed by atoms with Crippen molar-refractivity contribution >= 4 is 5.91 Å². The maximum absolute atomic E-state index is 13.4. The van der Waals surface area contributed by atoms with Crippen molar-refractivity contribution in [2.45, 2.75) is 12.5 Å². The first-order valence-corrected chi connectivity index (χ1v) is 4.92. The van der Waals surface area contributed by atoms with Gasteiger partial charge in [-0.05, 0) is 13.0 Å². The summed E-state index contributed by atoms with van der Waals surface area (Å²) in [6, 6.07) is 2.77. The van der Waals surface area contributed by atoms with Crippen molar-refractivity contribution in [3.05, 3.63) is 35.4 Å². The highest BCUT2D eigenvalue weighted by Gasteiger charge is 2.27. The van der Waals surface area contributed by atoms with Gasteiger partial charge in [0, 0.05) is 11.6 Å². The van der Waals surface area contributed by atoms with Gasteiger partial charge in [-0.3, -0.25) is 4.79 Å². The summed E-state index contributed by atoms with van der Waals surface area (Å²) < 4.78 is 26.1. The van der Waals surface area contributed by atoms with Crippen molar-refractivity contribution in [1.82, 2.24) is 5.32 Å². The van der Waals surface area contributed by atoms with Crippen LogP contribution in [0.4, 0.5) is 8.78 Å². The van der Waals surface area contributed by atoms with E-state index in [9.17, 15) is 18.7 Å². The molecule has 1 aromatic rings. The van der Waals surface area contributed by atoms with E-state index in [1.54, 1.807) is 0 Å². The molecule has 4 nitrogen and oxygen atoms in total. The molecule has 0 aromatic heterocycles. The third-order valence-corrected chi connectivity index (χ3v) is 2.28. The monoisotopic (exact) mass is 245 g/mol. The second-order valence-corrected chi connectivity index (χ2v) is 3.83. The van der Waals surface area contributed by atoms with Gasteiger partial charge in [0.25, 0.3) is 0 Å². The minimum atomic E-state index is -1.68. The van der Waals surface area contributed by atoms with Crippen LogP contribution in [0, 0.1) is 11.6 Å². The highest BCUT2D eigenvalue weighted by Crippen LogP contribution is 2.23. The van der Waals surface area contributed by atoms with Crippen LogP contribution in [-0.4, -0.2) is 29.3 Å². The Hall–Kier alpha value is -1.53. The lowest BCUT2D eigenvalue weighted by atomic mass is 9.95. The number of halogens is 2. The fraction of sp³-hybridized carbons (Fsp3) is 0.364. The predicted octanol–water partition coefficient (Wildman–Crippen LogP) is 0.281. The molecule has 94 valence electrons. The van der Waals surface area contributed by atoms with Crippen molar-refractivity contribution in [3.63, 3.8) is 0 Å². The molecule has 1 amide bonds. The van der Waals surface area contributed by atoms with Gasteiger partial charge in [-0.15, -0.1) is 0 Å². The van der Waals surface area contributed by atoms with E-state index in [0.717, 1.165) is 12.1 Å². The Balaban J connectivity index is 2.85. The zero-order valence-electron chi connectivity index (χ0n) is 9.20. The van der Waals surface area contributed by atoms with E-state index in [-0.39, 0.29) is 12.1 Å². The summed E-state index contributed by atoms with van der Waals surface area (Å²) in [5.41, 5.74) is -1.81. The molecule has 0 aliphatic heterocycles.